The van der Waals surface area contributed by atoms with E-state index in [1.54, 1.807) is 11.1 Å². The summed E-state index contributed by atoms with van der Waals surface area (Å²) in [4.78, 5) is 2.64. The average Bonchev–Trinajstić information content (AvgIpc) is 2.67. The third-order valence-electron chi connectivity index (χ3n) is 5.62. The summed E-state index contributed by atoms with van der Waals surface area (Å²) in [5.74, 6) is 2.00. The lowest BCUT2D eigenvalue weighted by Crippen LogP contribution is -2.34. The Morgan fingerprint density at radius 1 is 1.21 bits per heavy atom. The molecule has 0 radical (unpaired) electrons. The van der Waals surface area contributed by atoms with Crippen LogP contribution >= 0.6 is 11.8 Å². The summed E-state index contributed by atoms with van der Waals surface area (Å²) in [5, 5.41) is 3.40. The first kappa shape index (κ1) is 17.9. The van der Waals surface area contributed by atoms with E-state index in [2.05, 4.69) is 40.7 Å². The van der Waals surface area contributed by atoms with E-state index >= 15 is 0 Å². The number of hydrogen-bond donors (Lipinski definition) is 1. The Morgan fingerprint density at radius 2 is 2.04 bits per heavy atom. The van der Waals surface area contributed by atoms with E-state index < -0.39 is 0 Å². The van der Waals surface area contributed by atoms with Gasteiger partial charge in [-0.1, -0.05) is 12.1 Å². The molecule has 0 saturated carbocycles. The van der Waals surface area contributed by atoms with Gasteiger partial charge in [-0.05, 0) is 87.1 Å². The largest absolute Gasteiger partial charge is 0.388 e. The molecule has 1 saturated heterocycles. The van der Waals surface area contributed by atoms with Crippen molar-refractivity contribution in [1.29, 1.82) is 0 Å². The predicted octanol–water partition coefficient (Wildman–Crippen LogP) is 5.23. The molecule has 0 bridgehead atoms. The van der Waals surface area contributed by atoms with Crippen molar-refractivity contribution in [2.75, 3.05) is 44.0 Å². The van der Waals surface area contributed by atoms with Gasteiger partial charge in [0, 0.05) is 30.6 Å². The van der Waals surface area contributed by atoms with Crippen molar-refractivity contribution in [1.82, 2.24) is 4.90 Å². The lowest BCUT2D eigenvalue weighted by Gasteiger charge is -2.32. The number of thioether (sulfide) groups is 1. The van der Waals surface area contributed by atoms with E-state index in [1.165, 1.54) is 75.2 Å². The van der Waals surface area contributed by atoms with Gasteiger partial charge in [-0.15, -0.1) is 0 Å². The molecule has 0 spiro atoms. The van der Waals surface area contributed by atoms with Crippen LogP contribution in [0.3, 0.4) is 0 Å². The van der Waals surface area contributed by atoms with E-state index in [1.807, 2.05) is 18.8 Å². The van der Waals surface area contributed by atoms with Crippen molar-refractivity contribution < 1.29 is 0 Å². The molecule has 132 valence electrons. The smallest absolute Gasteiger partial charge is 0.0414 e. The maximum absolute atomic E-state index is 3.40. The van der Waals surface area contributed by atoms with Crippen molar-refractivity contribution in [3.63, 3.8) is 0 Å². The molecule has 1 N–H and O–H groups in total. The molecule has 3 rings (SSSR count). The van der Waals surface area contributed by atoms with E-state index in [4.69, 9.17) is 0 Å². The molecule has 0 unspecified atom stereocenters. The summed E-state index contributed by atoms with van der Waals surface area (Å²) < 4.78 is 0. The van der Waals surface area contributed by atoms with E-state index in [0.717, 1.165) is 5.92 Å². The zero-order valence-corrected chi connectivity index (χ0v) is 16.1. The maximum Gasteiger partial charge on any atom is 0.0414 e. The third kappa shape index (κ3) is 4.37. The lowest BCUT2D eigenvalue weighted by molar-refractivity contribution is 0.224. The number of nitrogens with zero attached hydrogens (tertiary/aromatic N) is 1. The second-order valence-corrected chi connectivity index (χ2v) is 8.12. The molecule has 2 nitrogen and oxygen atoms in total. The highest BCUT2D eigenvalue weighted by atomic mass is 32.2. The monoisotopic (exact) mass is 344 g/mol. The van der Waals surface area contributed by atoms with Gasteiger partial charge in [0.2, 0.25) is 0 Å². The second kappa shape index (κ2) is 8.96. The second-order valence-electron chi connectivity index (χ2n) is 7.14. The highest BCUT2D eigenvalue weighted by Gasteiger charge is 2.21. The minimum absolute atomic E-state index is 0.740. The maximum atomic E-state index is 3.40. The highest BCUT2D eigenvalue weighted by molar-refractivity contribution is 7.98. The minimum atomic E-state index is 0.740. The number of anilines is 1. The number of benzene rings is 1. The summed E-state index contributed by atoms with van der Waals surface area (Å²) in [7, 11) is 2.05. The van der Waals surface area contributed by atoms with Crippen molar-refractivity contribution in [3.05, 3.63) is 35.4 Å². The van der Waals surface area contributed by atoms with Crippen LogP contribution < -0.4 is 5.32 Å². The van der Waals surface area contributed by atoms with Crippen LogP contribution in [0.15, 0.2) is 24.3 Å². The molecule has 1 aliphatic carbocycles. The molecular weight excluding hydrogens is 312 g/mol. The Hall–Kier alpha value is -0.930. The Kier molecular flexibility index (Phi) is 6.67. The SMILES string of the molecule is CNc1ccc(C2CCN(CCSC)CC2)cc1C1=CCCCC1. The summed E-state index contributed by atoms with van der Waals surface area (Å²) in [5.41, 5.74) is 5.87. The highest BCUT2D eigenvalue weighted by Crippen LogP contribution is 2.36. The number of nitrogens with one attached hydrogen (secondary N) is 1. The van der Waals surface area contributed by atoms with Crippen LogP contribution in [0.5, 0.6) is 0 Å². The fourth-order valence-corrected chi connectivity index (χ4v) is 4.53. The molecule has 1 fully saturated rings. The van der Waals surface area contributed by atoms with Crippen LogP contribution in [-0.2, 0) is 0 Å². The van der Waals surface area contributed by atoms with Gasteiger partial charge in [0.1, 0.15) is 0 Å². The summed E-state index contributed by atoms with van der Waals surface area (Å²) in [6.45, 7) is 3.78. The molecule has 0 atom stereocenters. The Balaban J connectivity index is 1.71. The standard InChI is InChI=1S/C21H32N2S/c1-22-21-9-8-19(16-20(21)18-6-4-3-5-7-18)17-10-12-23(13-11-17)14-15-24-2/h6,8-9,16-17,22H,3-5,7,10-15H2,1-2H3. The minimum Gasteiger partial charge on any atom is -0.388 e. The molecule has 1 heterocycles. The molecular formula is C21H32N2S. The molecule has 1 aromatic rings. The van der Waals surface area contributed by atoms with Crippen LogP contribution in [0.2, 0.25) is 0 Å². The van der Waals surface area contributed by atoms with Crippen molar-refractivity contribution >= 4 is 23.0 Å². The van der Waals surface area contributed by atoms with Crippen molar-refractivity contribution in [2.24, 2.45) is 0 Å². The van der Waals surface area contributed by atoms with Gasteiger partial charge in [-0.3, -0.25) is 0 Å². The molecule has 24 heavy (non-hydrogen) atoms. The van der Waals surface area contributed by atoms with Crippen molar-refractivity contribution in [2.45, 2.75) is 44.4 Å². The molecule has 1 aromatic carbocycles. The molecule has 0 amide bonds. The fourth-order valence-electron chi connectivity index (χ4n) is 4.09. The number of hydrogen-bond acceptors (Lipinski definition) is 3. The van der Waals surface area contributed by atoms with E-state index in [-0.39, 0.29) is 0 Å². The van der Waals surface area contributed by atoms with Gasteiger partial charge in [0.05, 0.1) is 0 Å². The van der Waals surface area contributed by atoms with Crippen LogP contribution in [-0.4, -0.2) is 43.6 Å². The number of likely N-dealkylation sites (tertiary alicyclic amines) is 1. The van der Waals surface area contributed by atoms with Gasteiger partial charge in [0.15, 0.2) is 0 Å². The first-order chi connectivity index (χ1) is 11.8. The van der Waals surface area contributed by atoms with Crippen LogP contribution in [0.1, 0.15) is 55.6 Å². The zero-order chi connectivity index (χ0) is 16.8. The van der Waals surface area contributed by atoms with Crippen LogP contribution in [0.25, 0.3) is 5.57 Å². The summed E-state index contributed by atoms with van der Waals surface area (Å²) in [6.07, 6.45) is 12.5. The van der Waals surface area contributed by atoms with E-state index in [0.29, 0.717) is 0 Å². The fraction of sp³-hybridized carbons (Fsp3) is 0.619. The molecule has 0 aromatic heterocycles. The Labute approximate surface area is 152 Å². The first-order valence-corrected chi connectivity index (χ1v) is 10.9. The summed E-state index contributed by atoms with van der Waals surface area (Å²) in [6, 6.07) is 7.16. The predicted molar refractivity (Wildman–Crippen MR) is 109 cm³/mol. The van der Waals surface area contributed by atoms with E-state index in [9.17, 15) is 0 Å². The van der Waals surface area contributed by atoms with Crippen LogP contribution in [0, 0.1) is 0 Å². The molecule has 2 aliphatic rings. The summed E-state index contributed by atoms with van der Waals surface area (Å²) >= 11 is 1.96. The van der Waals surface area contributed by atoms with Gasteiger partial charge in [-0.25, -0.2) is 0 Å². The lowest BCUT2D eigenvalue weighted by atomic mass is 9.85. The zero-order valence-electron chi connectivity index (χ0n) is 15.3. The number of allylic oxidation sites excluding steroid dienone is 2. The van der Waals surface area contributed by atoms with Gasteiger partial charge < -0.3 is 10.2 Å². The average molecular weight is 345 g/mol. The number of rotatable bonds is 6. The molecule has 1 aliphatic heterocycles. The number of piperidine rings is 1. The normalized spacial score (nSPS) is 20.0. The first-order valence-electron chi connectivity index (χ1n) is 9.54. The Morgan fingerprint density at radius 3 is 2.71 bits per heavy atom. The topological polar surface area (TPSA) is 15.3 Å². The molecule has 3 heteroatoms. The van der Waals surface area contributed by atoms with Crippen LogP contribution in [0.4, 0.5) is 5.69 Å². The quantitative estimate of drug-likeness (QED) is 0.761. The van der Waals surface area contributed by atoms with Gasteiger partial charge >= 0.3 is 0 Å². The van der Waals surface area contributed by atoms with Gasteiger partial charge in [0.25, 0.3) is 0 Å². The Bertz CT molecular complexity index is 559. The van der Waals surface area contributed by atoms with Gasteiger partial charge in [-0.2, -0.15) is 11.8 Å². The third-order valence-corrected chi connectivity index (χ3v) is 6.21. The van der Waals surface area contributed by atoms with Crippen molar-refractivity contribution in [3.8, 4) is 0 Å².